The van der Waals surface area contributed by atoms with Crippen molar-refractivity contribution in [3.63, 3.8) is 0 Å². The number of amides is 1. The summed E-state index contributed by atoms with van der Waals surface area (Å²) in [6, 6.07) is 10.5. The van der Waals surface area contributed by atoms with E-state index < -0.39 is 10.8 Å². The monoisotopic (exact) mass is 262 g/mol. The van der Waals surface area contributed by atoms with Gasteiger partial charge >= 0.3 is 0 Å². The number of carbonyl (C=O) groups is 1. The normalized spacial score (nSPS) is 10.4. The summed E-state index contributed by atoms with van der Waals surface area (Å²) in [7, 11) is 0. The molecule has 0 fully saturated rings. The number of nitro groups is 1. The Labute approximate surface area is 107 Å². The summed E-state index contributed by atoms with van der Waals surface area (Å²) >= 11 is 1.08. The Morgan fingerprint density at radius 1 is 1.28 bits per heavy atom. The minimum absolute atomic E-state index is 0.0270. The van der Waals surface area contributed by atoms with Gasteiger partial charge in [0.2, 0.25) is 5.91 Å². The van der Waals surface area contributed by atoms with Gasteiger partial charge in [-0.15, -0.1) is 11.8 Å². The second-order valence-corrected chi connectivity index (χ2v) is 4.66. The highest BCUT2D eigenvalue weighted by molar-refractivity contribution is 8.00. The molecule has 2 aromatic rings. The summed E-state index contributed by atoms with van der Waals surface area (Å²) in [5.74, 6) is -0.471. The van der Waals surface area contributed by atoms with Crippen molar-refractivity contribution in [2.45, 2.75) is 4.90 Å². The van der Waals surface area contributed by atoms with Crippen LogP contribution < -0.4 is 5.73 Å². The highest BCUT2D eigenvalue weighted by Gasteiger charge is 2.18. The lowest BCUT2D eigenvalue weighted by atomic mass is 10.1. The Morgan fingerprint density at radius 3 is 2.67 bits per heavy atom. The number of hydrogen-bond acceptors (Lipinski definition) is 4. The second-order valence-electron chi connectivity index (χ2n) is 3.65. The third-order valence-corrected chi connectivity index (χ3v) is 3.49. The van der Waals surface area contributed by atoms with Crippen LogP contribution in [0.25, 0.3) is 10.8 Å². The smallest absolute Gasteiger partial charge is 0.290 e. The van der Waals surface area contributed by atoms with Crippen LogP contribution in [0.4, 0.5) is 5.69 Å². The van der Waals surface area contributed by atoms with Crippen molar-refractivity contribution in [1.82, 2.24) is 0 Å². The number of benzene rings is 2. The van der Waals surface area contributed by atoms with Gasteiger partial charge in [0, 0.05) is 0 Å². The number of fused-ring (bicyclic) bond motifs is 1. The zero-order valence-electron chi connectivity index (χ0n) is 9.33. The maximum Gasteiger partial charge on any atom is 0.290 e. The predicted molar refractivity (Wildman–Crippen MR) is 70.5 cm³/mol. The number of hydrogen-bond donors (Lipinski definition) is 1. The van der Waals surface area contributed by atoms with E-state index in [1.165, 1.54) is 0 Å². The van der Waals surface area contributed by atoms with E-state index in [4.69, 9.17) is 5.73 Å². The molecule has 0 aromatic heterocycles. The fraction of sp³-hybridized carbons (Fsp3) is 0.0833. The molecule has 0 saturated carbocycles. The van der Waals surface area contributed by atoms with Gasteiger partial charge in [-0.25, -0.2) is 0 Å². The zero-order chi connectivity index (χ0) is 13.1. The third kappa shape index (κ3) is 2.43. The van der Waals surface area contributed by atoms with E-state index in [1.807, 2.05) is 12.1 Å². The maximum absolute atomic E-state index is 11.2. The highest BCUT2D eigenvalue weighted by Crippen LogP contribution is 2.35. The van der Waals surface area contributed by atoms with E-state index >= 15 is 0 Å². The summed E-state index contributed by atoms with van der Waals surface area (Å²) in [6.45, 7) is 0. The minimum atomic E-state index is -0.498. The van der Waals surface area contributed by atoms with Crippen LogP contribution in [0.2, 0.25) is 0 Å². The molecule has 92 valence electrons. The number of thioether (sulfide) groups is 1. The summed E-state index contributed by atoms with van der Waals surface area (Å²) in [5.41, 5.74) is 5.08. The van der Waals surface area contributed by atoms with Gasteiger partial charge in [0.15, 0.2) is 0 Å². The topological polar surface area (TPSA) is 86.2 Å². The lowest BCUT2D eigenvalue weighted by Gasteiger charge is -2.04. The van der Waals surface area contributed by atoms with Crippen molar-refractivity contribution >= 4 is 34.1 Å². The van der Waals surface area contributed by atoms with Gasteiger partial charge in [0.25, 0.3) is 5.69 Å². The maximum atomic E-state index is 11.2. The Bertz CT molecular complexity index is 628. The Morgan fingerprint density at radius 2 is 2.00 bits per heavy atom. The average Bonchev–Trinajstić information content (AvgIpc) is 2.35. The van der Waals surface area contributed by atoms with Crippen LogP contribution in [0, 0.1) is 10.1 Å². The van der Waals surface area contributed by atoms with Crippen molar-refractivity contribution in [2.75, 3.05) is 5.75 Å². The number of carbonyl (C=O) groups excluding carboxylic acids is 1. The molecule has 18 heavy (non-hydrogen) atoms. The van der Waals surface area contributed by atoms with Crippen molar-refractivity contribution in [3.05, 3.63) is 46.5 Å². The van der Waals surface area contributed by atoms with E-state index in [2.05, 4.69) is 0 Å². The van der Waals surface area contributed by atoms with Crippen molar-refractivity contribution in [1.29, 1.82) is 0 Å². The molecule has 2 N–H and O–H groups in total. The molecular formula is C12H10N2O3S. The lowest BCUT2D eigenvalue weighted by molar-refractivity contribution is -0.385. The van der Waals surface area contributed by atoms with Crippen LogP contribution in [0.1, 0.15) is 0 Å². The molecule has 0 heterocycles. The number of nitro benzene ring substituents is 1. The van der Waals surface area contributed by atoms with Crippen LogP contribution in [0.3, 0.4) is 0 Å². The molecule has 5 nitrogen and oxygen atoms in total. The summed E-state index contributed by atoms with van der Waals surface area (Å²) < 4.78 is 0. The first-order valence-corrected chi connectivity index (χ1v) is 6.15. The Kier molecular flexibility index (Phi) is 3.47. The molecule has 0 aliphatic heterocycles. The van der Waals surface area contributed by atoms with Gasteiger partial charge in [-0.05, 0) is 17.5 Å². The first kappa shape index (κ1) is 12.4. The van der Waals surface area contributed by atoms with E-state index in [-0.39, 0.29) is 11.4 Å². The van der Waals surface area contributed by atoms with E-state index in [0.29, 0.717) is 10.3 Å². The predicted octanol–water partition coefficient (Wildman–Crippen LogP) is 2.33. The molecule has 0 aliphatic carbocycles. The SMILES string of the molecule is NC(=O)CSc1ccc2ccccc2c1[N+](=O)[O-]. The molecule has 0 aliphatic rings. The van der Waals surface area contributed by atoms with E-state index in [1.54, 1.807) is 24.3 Å². The van der Waals surface area contributed by atoms with Gasteiger partial charge in [-0.3, -0.25) is 14.9 Å². The molecule has 2 aromatic carbocycles. The molecule has 0 saturated heterocycles. The number of nitrogens with two attached hydrogens (primary N) is 1. The molecule has 6 heteroatoms. The minimum Gasteiger partial charge on any atom is -0.369 e. The van der Waals surface area contributed by atoms with Crippen molar-refractivity contribution < 1.29 is 9.72 Å². The van der Waals surface area contributed by atoms with Gasteiger partial charge < -0.3 is 5.73 Å². The number of primary amides is 1. The van der Waals surface area contributed by atoms with E-state index in [9.17, 15) is 14.9 Å². The lowest BCUT2D eigenvalue weighted by Crippen LogP contribution is -2.13. The average molecular weight is 262 g/mol. The molecule has 1 amide bonds. The zero-order valence-corrected chi connectivity index (χ0v) is 10.1. The van der Waals surface area contributed by atoms with Crippen molar-refractivity contribution in [2.24, 2.45) is 5.73 Å². The Balaban J connectivity index is 2.55. The quantitative estimate of drug-likeness (QED) is 0.520. The molecular weight excluding hydrogens is 252 g/mol. The van der Waals surface area contributed by atoms with Crippen LogP contribution in [0.15, 0.2) is 41.3 Å². The number of nitrogens with zero attached hydrogens (tertiary/aromatic N) is 1. The van der Waals surface area contributed by atoms with Crippen LogP contribution >= 0.6 is 11.8 Å². The largest absolute Gasteiger partial charge is 0.369 e. The second kappa shape index (κ2) is 5.05. The molecule has 0 unspecified atom stereocenters. The standard InChI is InChI=1S/C12H10N2O3S/c13-11(15)7-18-10-6-5-8-3-1-2-4-9(8)12(10)14(16)17/h1-6H,7H2,(H2,13,15). The first-order valence-electron chi connectivity index (χ1n) is 5.17. The molecule has 0 atom stereocenters. The van der Waals surface area contributed by atoms with Crippen LogP contribution in [-0.2, 0) is 4.79 Å². The van der Waals surface area contributed by atoms with Gasteiger partial charge in [0.05, 0.1) is 21.0 Å². The summed E-state index contributed by atoms with van der Waals surface area (Å²) in [4.78, 5) is 21.9. The van der Waals surface area contributed by atoms with Gasteiger partial charge in [-0.1, -0.05) is 24.3 Å². The Hall–Kier alpha value is -2.08. The fourth-order valence-electron chi connectivity index (χ4n) is 1.69. The highest BCUT2D eigenvalue weighted by atomic mass is 32.2. The molecule has 2 rings (SSSR count). The molecule has 0 bridgehead atoms. The third-order valence-electron chi connectivity index (χ3n) is 2.42. The van der Waals surface area contributed by atoms with Crippen LogP contribution in [-0.4, -0.2) is 16.6 Å². The number of rotatable bonds is 4. The summed E-state index contributed by atoms with van der Waals surface area (Å²) in [6.07, 6.45) is 0. The molecule has 0 spiro atoms. The first-order chi connectivity index (χ1) is 8.59. The fourth-order valence-corrected chi connectivity index (χ4v) is 2.47. The summed E-state index contributed by atoms with van der Waals surface area (Å²) in [5, 5.41) is 12.5. The van der Waals surface area contributed by atoms with Gasteiger partial charge in [0.1, 0.15) is 0 Å². The van der Waals surface area contributed by atoms with E-state index in [0.717, 1.165) is 17.1 Å². The van der Waals surface area contributed by atoms with Crippen LogP contribution in [0.5, 0.6) is 0 Å². The molecule has 0 radical (unpaired) electrons. The van der Waals surface area contributed by atoms with Crippen molar-refractivity contribution in [3.8, 4) is 0 Å². The van der Waals surface area contributed by atoms with Gasteiger partial charge in [-0.2, -0.15) is 0 Å².